The molecule has 1 aromatic heterocycles. The first-order valence-electron chi connectivity index (χ1n) is 9.19. The van der Waals surface area contributed by atoms with Crippen molar-refractivity contribution < 1.29 is 14.3 Å². The zero-order chi connectivity index (χ0) is 19.3. The summed E-state index contributed by atoms with van der Waals surface area (Å²) < 4.78 is 15.4. The molecule has 1 fully saturated rings. The summed E-state index contributed by atoms with van der Waals surface area (Å²) in [5.74, 6) is 2.27. The lowest BCUT2D eigenvalue weighted by molar-refractivity contribution is -0.120. The monoisotopic (exact) mass is 395 g/mol. The van der Waals surface area contributed by atoms with Crippen molar-refractivity contribution in [3.8, 4) is 16.7 Å². The molecule has 1 N–H and O–H groups in total. The predicted octanol–water partition coefficient (Wildman–Crippen LogP) is 3.75. The van der Waals surface area contributed by atoms with E-state index in [4.69, 9.17) is 9.47 Å². The highest BCUT2D eigenvalue weighted by Gasteiger charge is 2.23. The summed E-state index contributed by atoms with van der Waals surface area (Å²) in [5, 5.41) is 3.49. The van der Waals surface area contributed by atoms with Gasteiger partial charge >= 0.3 is 0 Å². The van der Waals surface area contributed by atoms with E-state index in [1.165, 1.54) is 11.5 Å². The fourth-order valence-corrected chi connectivity index (χ4v) is 3.35. The lowest BCUT2D eigenvalue weighted by Gasteiger charge is -2.05. The molecule has 2 aromatic carbocycles. The quantitative estimate of drug-likeness (QED) is 0.629. The van der Waals surface area contributed by atoms with Gasteiger partial charge in [-0.15, -0.1) is 0 Å². The number of nitrogens with one attached hydrogen (secondary N) is 1. The topological polar surface area (TPSA) is 73.3 Å². The van der Waals surface area contributed by atoms with E-state index in [1.54, 1.807) is 7.11 Å². The highest BCUT2D eigenvalue weighted by atomic mass is 32.1. The molecule has 0 spiro atoms. The molecule has 0 radical (unpaired) electrons. The van der Waals surface area contributed by atoms with Crippen LogP contribution < -0.4 is 14.8 Å². The maximum atomic E-state index is 11.9. The molecule has 28 heavy (non-hydrogen) atoms. The van der Waals surface area contributed by atoms with Crippen LogP contribution in [0, 0.1) is 0 Å². The molecule has 0 atom stereocenters. The van der Waals surface area contributed by atoms with Gasteiger partial charge in [0, 0.05) is 24.0 Å². The third kappa shape index (κ3) is 5.07. The van der Waals surface area contributed by atoms with Crippen LogP contribution in [-0.2, 0) is 17.6 Å². The Morgan fingerprint density at radius 2 is 1.96 bits per heavy atom. The van der Waals surface area contributed by atoms with Crippen LogP contribution in [0.5, 0.6) is 16.7 Å². The maximum Gasteiger partial charge on any atom is 0.298 e. The summed E-state index contributed by atoms with van der Waals surface area (Å²) in [6, 6.07) is 15.7. The molecule has 0 saturated heterocycles. The molecule has 0 unspecified atom stereocenters. The Morgan fingerprint density at radius 3 is 2.71 bits per heavy atom. The van der Waals surface area contributed by atoms with Crippen molar-refractivity contribution >= 4 is 17.4 Å². The van der Waals surface area contributed by atoms with Crippen molar-refractivity contribution in [2.75, 3.05) is 7.11 Å². The van der Waals surface area contributed by atoms with Gasteiger partial charge in [0.05, 0.1) is 13.5 Å². The van der Waals surface area contributed by atoms with E-state index in [2.05, 4.69) is 14.7 Å². The number of carbonyl (C=O) groups excluding carboxylic acids is 1. The summed E-state index contributed by atoms with van der Waals surface area (Å²) in [4.78, 5) is 16.3. The highest BCUT2D eigenvalue weighted by molar-refractivity contribution is 7.07. The molecule has 1 amide bonds. The van der Waals surface area contributed by atoms with Gasteiger partial charge in [0.25, 0.3) is 5.19 Å². The van der Waals surface area contributed by atoms with E-state index >= 15 is 0 Å². The number of hydrogen-bond donors (Lipinski definition) is 1. The minimum Gasteiger partial charge on any atom is -0.497 e. The zero-order valence-electron chi connectivity index (χ0n) is 15.6. The second kappa shape index (κ2) is 8.39. The number of hydrogen-bond acceptors (Lipinski definition) is 6. The third-order valence-corrected chi connectivity index (χ3v) is 5.01. The van der Waals surface area contributed by atoms with Crippen molar-refractivity contribution in [3.05, 3.63) is 65.5 Å². The van der Waals surface area contributed by atoms with Crippen LogP contribution in [0.3, 0.4) is 0 Å². The van der Waals surface area contributed by atoms with Crippen LogP contribution in [0.4, 0.5) is 0 Å². The first-order chi connectivity index (χ1) is 13.7. The SMILES string of the molecule is COc1cccc(Cc2nsc(Oc3ccc(CC(=O)NC4CC4)cc3)n2)c1. The van der Waals surface area contributed by atoms with Crippen molar-refractivity contribution in [2.24, 2.45) is 0 Å². The van der Waals surface area contributed by atoms with Crippen LogP contribution in [0.2, 0.25) is 0 Å². The van der Waals surface area contributed by atoms with Crippen LogP contribution >= 0.6 is 11.5 Å². The summed E-state index contributed by atoms with van der Waals surface area (Å²) in [6.45, 7) is 0. The lowest BCUT2D eigenvalue weighted by atomic mass is 10.1. The molecule has 0 aliphatic heterocycles. The zero-order valence-corrected chi connectivity index (χ0v) is 16.4. The van der Waals surface area contributed by atoms with Gasteiger partial charge in [-0.3, -0.25) is 4.79 Å². The molecular weight excluding hydrogens is 374 g/mol. The maximum absolute atomic E-state index is 11.9. The lowest BCUT2D eigenvalue weighted by Crippen LogP contribution is -2.26. The number of amides is 1. The predicted molar refractivity (Wildman–Crippen MR) is 107 cm³/mol. The van der Waals surface area contributed by atoms with E-state index < -0.39 is 0 Å². The minimum absolute atomic E-state index is 0.0717. The van der Waals surface area contributed by atoms with Gasteiger partial charge in [-0.2, -0.15) is 9.36 Å². The van der Waals surface area contributed by atoms with E-state index in [9.17, 15) is 4.79 Å². The molecule has 6 nitrogen and oxygen atoms in total. The molecule has 3 aromatic rings. The Kier molecular flexibility index (Phi) is 5.53. The minimum atomic E-state index is 0.0717. The Labute approximate surface area is 167 Å². The summed E-state index contributed by atoms with van der Waals surface area (Å²) in [5.41, 5.74) is 2.04. The van der Waals surface area contributed by atoms with Gasteiger partial charge in [0.2, 0.25) is 5.91 Å². The number of benzene rings is 2. The molecule has 1 heterocycles. The first-order valence-corrected chi connectivity index (χ1v) is 9.97. The number of carbonyl (C=O) groups is 1. The number of methoxy groups -OCH3 is 1. The normalized spacial score (nSPS) is 13.2. The fraction of sp³-hybridized carbons (Fsp3) is 0.286. The second-order valence-electron chi connectivity index (χ2n) is 6.77. The van der Waals surface area contributed by atoms with Crippen molar-refractivity contribution in [3.63, 3.8) is 0 Å². The van der Waals surface area contributed by atoms with Gasteiger partial charge in [0.15, 0.2) is 5.82 Å². The van der Waals surface area contributed by atoms with E-state index in [0.717, 1.165) is 29.7 Å². The standard InChI is InChI=1S/C21H21N3O3S/c1-26-18-4-2-3-15(11-18)12-19-23-21(28-24-19)27-17-9-5-14(6-10-17)13-20(25)22-16-7-8-16/h2-6,9-11,16H,7-8,12-13H2,1H3,(H,22,25). The van der Waals surface area contributed by atoms with E-state index in [1.807, 2.05) is 48.5 Å². The first kappa shape index (κ1) is 18.4. The smallest absolute Gasteiger partial charge is 0.298 e. The number of aromatic nitrogens is 2. The molecule has 1 aliphatic rings. The molecular formula is C21H21N3O3S. The van der Waals surface area contributed by atoms with Crippen LogP contribution in [-0.4, -0.2) is 28.4 Å². The average Bonchev–Trinajstić information content (AvgIpc) is 3.41. The van der Waals surface area contributed by atoms with E-state index in [-0.39, 0.29) is 5.91 Å². The molecule has 4 rings (SSSR count). The highest BCUT2D eigenvalue weighted by Crippen LogP contribution is 2.25. The third-order valence-electron chi connectivity index (χ3n) is 4.38. The summed E-state index contributed by atoms with van der Waals surface area (Å²) in [7, 11) is 1.65. The number of rotatable bonds is 8. The van der Waals surface area contributed by atoms with Crippen LogP contribution in [0.1, 0.15) is 29.8 Å². The Bertz CT molecular complexity index is 952. The van der Waals surface area contributed by atoms with Crippen molar-refractivity contribution in [1.82, 2.24) is 14.7 Å². The van der Waals surface area contributed by atoms with Gasteiger partial charge in [-0.25, -0.2) is 0 Å². The van der Waals surface area contributed by atoms with Gasteiger partial charge in [-0.05, 0) is 48.2 Å². The molecule has 7 heteroatoms. The summed E-state index contributed by atoms with van der Waals surface area (Å²) in [6.07, 6.45) is 3.20. The van der Waals surface area contributed by atoms with Gasteiger partial charge in [-0.1, -0.05) is 24.3 Å². The molecule has 1 saturated carbocycles. The molecule has 0 bridgehead atoms. The van der Waals surface area contributed by atoms with Crippen LogP contribution in [0.15, 0.2) is 48.5 Å². The van der Waals surface area contributed by atoms with Crippen LogP contribution in [0.25, 0.3) is 0 Å². The van der Waals surface area contributed by atoms with Gasteiger partial charge in [0.1, 0.15) is 11.5 Å². The average molecular weight is 395 g/mol. The van der Waals surface area contributed by atoms with Crippen molar-refractivity contribution in [1.29, 1.82) is 0 Å². The second-order valence-corrected chi connectivity index (χ2v) is 7.48. The molecule has 1 aliphatic carbocycles. The Balaban J connectivity index is 1.33. The number of ether oxygens (including phenoxy) is 2. The fourth-order valence-electron chi connectivity index (χ4n) is 2.78. The van der Waals surface area contributed by atoms with Gasteiger partial charge < -0.3 is 14.8 Å². The summed E-state index contributed by atoms with van der Waals surface area (Å²) >= 11 is 1.22. The number of nitrogens with zero attached hydrogens (tertiary/aromatic N) is 2. The van der Waals surface area contributed by atoms with E-state index in [0.29, 0.717) is 35.7 Å². The Hall–Kier alpha value is -2.93. The Morgan fingerprint density at radius 1 is 1.14 bits per heavy atom. The largest absolute Gasteiger partial charge is 0.497 e. The van der Waals surface area contributed by atoms with Crippen molar-refractivity contribution in [2.45, 2.75) is 31.7 Å². The molecule has 144 valence electrons.